The zero-order valence-corrected chi connectivity index (χ0v) is 11.4. The third-order valence-corrected chi connectivity index (χ3v) is 2.89. The van der Waals surface area contributed by atoms with E-state index >= 15 is 0 Å². The summed E-state index contributed by atoms with van der Waals surface area (Å²) in [6, 6.07) is 0.0417. The zero-order valence-electron chi connectivity index (χ0n) is 11.4. The molecule has 1 rings (SSSR count). The van der Waals surface area contributed by atoms with Crippen molar-refractivity contribution in [2.45, 2.75) is 39.7 Å². The lowest BCUT2D eigenvalue weighted by Crippen LogP contribution is -2.39. The van der Waals surface area contributed by atoms with Crippen molar-refractivity contribution in [1.82, 2.24) is 10.2 Å². The van der Waals surface area contributed by atoms with Gasteiger partial charge in [0.1, 0.15) is 0 Å². The van der Waals surface area contributed by atoms with Gasteiger partial charge in [0.15, 0.2) is 0 Å². The minimum absolute atomic E-state index is 0.0417. The molecule has 0 aromatic carbocycles. The van der Waals surface area contributed by atoms with Crippen molar-refractivity contribution in [3.8, 4) is 0 Å². The lowest BCUT2D eigenvalue weighted by atomic mass is 10.2. The first kappa shape index (κ1) is 14.5. The van der Waals surface area contributed by atoms with E-state index in [1.165, 1.54) is 0 Å². The minimum Gasteiger partial charge on any atom is -0.379 e. The monoisotopic (exact) mass is 242 g/mol. The predicted octanol–water partition coefficient (Wildman–Crippen LogP) is 1.26. The number of carbonyl (C=O) groups excluding carboxylic acids is 1. The molecule has 1 saturated heterocycles. The molecule has 0 radical (unpaired) electrons. The van der Waals surface area contributed by atoms with Crippen LogP contribution in [0.2, 0.25) is 0 Å². The van der Waals surface area contributed by atoms with Gasteiger partial charge < -0.3 is 15.0 Å². The van der Waals surface area contributed by atoms with E-state index in [9.17, 15) is 4.79 Å². The molecular formula is C13H26N2O2. The fourth-order valence-electron chi connectivity index (χ4n) is 1.96. The van der Waals surface area contributed by atoms with Crippen LogP contribution >= 0.6 is 0 Å². The van der Waals surface area contributed by atoms with Crippen LogP contribution in [0.15, 0.2) is 0 Å². The number of likely N-dealkylation sites (tertiary alicyclic amines) is 1. The topological polar surface area (TPSA) is 41.6 Å². The molecule has 0 aliphatic carbocycles. The molecule has 0 spiro atoms. The summed E-state index contributed by atoms with van der Waals surface area (Å²) in [4.78, 5) is 13.9. The van der Waals surface area contributed by atoms with Gasteiger partial charge in [-0.25, -0.2) is 0 Å². The second kappa shape index (κ2) is 7.67. The Morgan fingerprint density at radius 2 is 2.29 bits per heavy atom. The molecule has 4 nitrogen and oxygen atoms in total. The SMILES string of the molecule is CCCNC1CCN(CCOCC(C)C)C1=O. The van der Waals surface area contributed by atoms with Gasteiger partial charge in [0.25, 0.3) is 0 Å². The molecule has 1 atom stereocenters. The molecule has 100 valence electrons. The maximum absolute atomic E-state index is 11.9. The maximum atomic E-state index is 11.9. The highest BCUT2D eigenvalue weighted by atomic mass is 16.5. The van der Waals surface area contributed by atoms with Gasteiger partial charge in [0, 0.05) is 19.7 Å². The first-order valence-electron chi connectivity index (χ1n) is 6.75. The van der Waals surface area contributed by atoms with E-state index < -0.39 is 0 Å². The summed E-state index contributed by atoms with van der Waals surface area (Å²) in [5, 5.41) is 3.29. The highest BCUT2D eigenvalue weighted by Gasteiger charge is 2.30. The first-order chi connectivity index (χ1) is 8.15. The molecule has 1 heterocycles. The molecule has 0 bridgehead atoms. The molecule has 1 fully saturated rings. The zero-order chi connectivity index (χ0) is 12.7. The van der Waals surface area contributed by atoms with Crippen molar-refractivity contribution in [3.05, 3.63) is 0 Å². The van der Waals surface area contributed by atoms with Crippen LogP contribution in [0, 0.1) is 5.92 Å². The van der Waals surface area contributed by atoms with Gasteiger partial charge in [-0.3, -0.25) is 4.79 Å². The van der Waals surface area contributed by atoms with Gasteiger partial charge in [-0.15, -0.1) is 0 Å². The van der Waals surface area contributed by atoms with E-state index in [0.717, 1.165) is 39.1 Å². The summed E-state index contributed by atoms with van der Waals surface area (Å²) in [7, 11) is 0. The molecular weight excluding hydrogens is 216 g/mol. The van der Waals surface area contributed by atoms with Crippen LogP contribution < -0.4 is 5.32 Å². The second-order valence-electron chi connectivity index (χ2n) is 5.09. The fraction of sp³-hybridized carbons (Fsp3) is 0.923. The lowest BCUT2D eigenvalue weighted by Gasteiger charge is -2.17. The summed E-state index contributed by atoms with van der Waals surface area (Å²) < 4.78 is 5.51. The van der Waals surface area contributed by atoms with Crippen LogP contribution in [-0.4, -0.2) is 49.7 Å². The number of nitrogens with one attached hydrogen (secondary N) is 1. The van der Waals surface area contributed by atoms with E-state index in [1.54, 1.807) is 0 Å². The van der Waals surface area contributed by atoms with E-state index in [-0.39, 0.29) is 11.9 Å². The van der Waals surface area contributed by atoms with Crippen LogP contribution in [0.4, 0.5) is 0 Å². The van der Waals surface area contributed by atoms with Crippen LogP contribution in [0.25, 0.3) is 0 Å². The third kappa shape index (κ3) is 5.04. The van der Waals surface area contributed by atoms with Gasteiger partial charge in [-0.05, 0) is 25.3 Å². The summed E-state index contributed by atoms with van der Waals surface area (Å²) in [5.74, 6) is 0.801. The Labute approximate surface area is 105 Å². The Bertz CT molecular complexity index is 231. The molecule has 1 aliphatic heterocycles. The molecule has 1 N–H and O–H groups in total. The molecule has 0 saturated carbocycles. The van der Waals surface area contributed by atoms with E-state index in [0.29, 0.717) is 12.5 Å². The van der Waals surface area contributed by atoms with E-state index in [1.807, 2.05) is 4.90 Å². The van der Waals surface area contributed by atoms with Crippen LogP contribution in [0.5, 0.6) is 0 Å². The summed E-state index contributed by atoms with van der Waals surface area (Å²) in [6.07, 6.45) is 2.00. The number of hydrogen-bond donors (Lipinski definition) is 1. The largest absolute Gasteiger partial charge is 0.379 e. The van der Waals surface area contributed by atoms with Crippen molar-refractivity contribution in [2.24, 2.45) is 5.92 Å². The van der Waals surface area contributed by atoms with Gasteiger partial charge in [-0.2, -0.15) is 0 Å². The smallest absolute Gasteiger partial charge is 0.239 e. The lowest BCUT2D eigenvalue weighted by molar-refractivity contribution is -0.130. The van der Waals surface area contributed by atoms with Crippen LogP contribution in [0.1, 0.15) is 33.6 Å². The number of amides is 1. The number of carbonyl (C=O) groups is 1. The summed E-state index contributed by atoms with van der Waals surface area (Å²) in [5.41, 5.74) is 0. The Kier molecular flexibility index (Phi) is 6.52. The van der Waals surface area contributed by atoms with E-state index in [4.69, 9.17) is 4.74 Å². The Morgan fingerprint density at radius 3 is 2.94 bits per heavy atom. The second-order valence-corrected chi connectivity index (χ2v) is 5.09. The number of nitrogens with zero attached hydrogens (tertiary/aromatic N) is 1. The van der Waals surface area contributed by atoms with Crippen molar-refractivity contribution in [1.29, 1.82) is 0 Å². The minimum atomic E-state index is 0.0417. The predicted molar refractivity (Wildman–Crippen MR) is 68.9 cm³/mol. The first-order valence-corrected chi connectivity index (χ1v) is 6.75. The third-order valence-electron chi connectivity index (χ3n) is 2.89. The summed E-state index contributed by atoms with van der Waals surface area (Å²) >= 11 is 0. The average Bonchev–Trinajstić information content (AvgIpc) is 2.63. The van der Waals surface area contributed by atoms with Crippen molar-refractivity contribution in [3.63, 3.8) is 0 Å². The Balaban J connectivity index is 2.16. The van der Waals surface area contributed by atoms with Crippen molar-refractivity contribution in [2.75, 3.05) is 32.8 Å². The highest BCUT2D eigenvalue weighted by Crippen LogP contribution is 2.10. The standard InChI is InChI=1S/C13H26N2O2/c1-4-6-14-12-5-7-15(13(12)16)8-9-17-10-11(2)3/h11-12,14H,4-10H2,1-3H3. The van der Waals surface area contributed by atoms with Gasteiger partial charge in [-0.1, -0.05) is 20.8 Å². The number of ether oxygens (including phenoxy) is 1. The summed E-state index contributed by atoms with van der Waals surface area (Å²) in [6.45, 7) is 10.3. The van der Waals surface area contributed by atoms with Crippen LogP contribution in [0.3, 0.4) is 0 Å². The van der Waals surface area contributed by atoms with Crippen molar-refractivity contribution < 1.29 is 9.53 Å². The van der Waals surface area contributed by atoms with Crippen LogP contribution in [-0.2, 0) is 9.53 Å². The highest BCUT2D eigenvalue weighted by molar-refractivity contribution is 5.83. The molecule has 0 aromatic rings. The average molecular weight is 242 g/mol. The molecule has 1 unspecified atom stereocenters. The maximum Gasteiger partial charge on any atom is 0.239 e. The Hall–Kier alpha value is -0.610. The number of rotatable bonds is 8. The number of hydrogen-bond acceptors (Lipinski definition) is 3. The van der Waals surface area contributed by atoms with Gasteiger partial charge in [0.05, 0.1) is 12.6 Å². The van der Waals surface area contributed by atoms with Gasteiger partial charge >= 0.3 is 0 Å². The van der Waals surface area contributed by atoms with Crippen molar-refractivity contribution >= 4 is 5.91 Å². The molecule has 17 heavy (non-hydrogen) atoms. The van der Waals surface area contributed by atoms with Gasteiger partial charge in [0.2, 0.25) is 5.91 Å². The molecule has 0 aromatic heterocycles. The molecule has 1 amide bonds. The Morgan fingerprint density at radius 1 is 1.53 bits per heavy atom. The normalized spacial score (nSPS) is 20.6. The quantitative estimate of drug-likeness (QED) is 0.652. The molecule has 1 aliphatic rings. The molecule has 4 heteroatoms. The van der Waals surface area contributed by atoms with E-state index in [2.05, 4.69) is 26.1 Å². The fourth-order valence-corrected chi connectivity index (χ4v) is 1.96.